The van der Waals surface area contributed by atoms with E-state index in [1.54, 1.807) is 12.4 Å². The Balaban J connectivity index is 1.36. The van der Waals surface area contributed by atoms with Crippen molar-refractivity contribution >= 4 is 11.8 Å². The van der Waals surface area contributed by atoms with Gasteiger partial charge in [0.2, 0.25) is 5.91 Å². The molecule has 7 heteroatoms. The molecule has 0 N–H and O–H groups in total. The molecular weight excluding hydrogens is 344 g/mol. The lowest BCUT2D eigenvalue weighted by Crippen LogP contribution is -2.53. The summed E-state index contributed by atoms with van der Waals surface area (Å²) in [7, 11) is 0. The molecule has 0 unspecified atom stereocenters. The summed E-state index contributed by atoms with van der Waals surface area (Å²) in [6, 6.07) is 0. The van der Waals surface area contributed by atoms with Crippen LogP contribution in [0.4, 0.5) is 0 Å². The highest BCUT2D eigenvalue weighted by Gasteiger charge is 2.42. The van der Waals surface area contributed by atoms with Crippen LogP contribution >= 0.6 is 0 Å². The van der Waals surface area contributed by atoms with E-state index in [1.807, 2.05) is 16.7 Å². The first kappa shape index (κ1) is 18.3. The summed E-state index contributed by atoms with van der Waals surface area (Å²) in [5, 5.41) is 0. The summed E-state index contributed by atoms with van der Waals surface area (Å²) < 4.78 is 5.73. The van der Waals surface area contributed by atoms with Gasteiger partial charge >= 0.3 is 0 Å². The summed E-state index contributed by atoms with van der Waals surface area (Å²) in [5.74, 6) is 0.932. The Morgan fingerprint density at radius 1 is 1.26 bits per heavy atom. The van der Waals surface area contributed by atoms with Crippen LogP contribution in [0, 0.1) is 12.3 Å². The van der Waals surface area contributed by atoms with Crippen molar-refractivity contribution < 1.29 is 14.3 Å². The first-order valence-electron chi connectivity index (χ1n) is 10.0. The number of carbonyl (C=O) groups excluding carboxylic acids is 2. The van der Waals surface area contributed by atoms with Crippen LogP contribution in [0.3, 0.4) is 0 Å². The minimum absolute atomic E-state index is 0.00736. The zero-order valence-corrected chi connectivity index (χ0v) is 16.0. The molecule has 27 heavy (non-hydrogen) atoms. The number of aromatic nitrogens is 2. The van der Waals surface area contributed by atoms with Gasteiger partial charge in [0.1, 0.15) is 5.82 Å². The van der Waals surface area contributed by atoms with Crippen molar-refractivity contribution in [3.63, 3.8) is 0 Å². The highest BCUT2D eigenvalue weighted by molar-refractivity contribution is 5.93. The molecule has 1 aromatic rings. The molecule has 0 aromatic carbocycles. The van der Waals surface area contributed by atoms with Gasteiger partial charge in [0, 0.05) is 51.6 Å². The Morgan fingerprint density at radius 3 is 2.67 bits per heavy atom. The van der Waals surface area contributed by atoms with Crippen LogP contribution in [0.2, 0.25) is 0 Å². The molecule has 146 valence electrons. The molecule has 3 fully saturated rings. The maximum Gasteiger partial charge on any atom is 0.256 e. The van der Waals surface area contributed by atoms with Crippen molar-refractivity contribution in [3.05, 3.63) is 23.8 Å². The Bertz CT molecular complexity index is 692. The van der Waals surface area contributed by atoms with Crippen molar-refractivity contribution in [1.82, 2.24) is 19.8 Å². The predicted molar refractivity (Wildman–Crippen MR) is 99.1 cm³/mol. The fourth-order valence-corrected chi connectivity index (χ4v) is 4.58. The number of amides is 2. The lowest BCUT2D eigenvalue weighted by atomic mass is 9.72. The number of ether oxygens (including phenoxy) is 1. The molecule has 3 saturated heterocycles. The lowest BCUT2D eigenvalue weighted by Gasteiger charge is -2.47. The summed E-state index contributed by atoms with van der Waals surface area (Å²) in [6.45, 7) is 5.62. The number of hydrogen-bond acceptors (Lipinski definition) is 5. The van der Waals surface area contributed by atoms with Crippen molar-refractivity contribution in [2.45, 2.75) is 51.6 Å². The molecule has 1 atom stereocenters. The Kier molecular flexibility index (Phi) is 5.12. The molecule has 0 radical (unpaired) electrons. The van der Waals surface area contributed by atoms with E-state index in [4.69, 9.17) is 4.74 Å². The normalized spacial score (nSPS) is 25.2. The second-order valence-electron chi connectivity index (χ2n) is 8.22. The second kappa shape index (κ2) is 7.54. The van der Waals surface area contributed by atoms with Crippen molar-refractivity contribution in [2.75, 3.05) is 32.8 Å². The third-order valence-corrected chi connectivity index (χ3v) is 6.34. The second-order valence-corrected chi connectivity index (χ2v) is 8.22. The van der Waals surface area contributed by atoms with Gasteiger partial charge in [-0.05, 0) is 44.4 Å². The zero-order valence-electron chi connectivity index (χ0n) is 16.0. The molecule has 3 aliphatic rings. The third-order valence-electron chi connectivity index (χ3n) is 6.34. The number of piperidine rings is 2. The van der Waals surface area contributed by atoms with Crippen molar-refractivity contribution in [3.8, 4) is 0 Å². The highest BCUT2D eigenvalue weighted by atomic mass is 16.5. The van der Waals surface area contributed by atoms with Gasteiger partial charge in [-0.15, -0.1) is 0 Å². The summed E-state index contributed by atoms with van der Waals surface area (Å²) in [6.07, 6.45) is 9.01. The molecule has 0 aliphatic carbocycles. The van der Waals surface area contributed by atoms with Gasteiger partial charge in [-0.2, -0.15) is 0 Å². The fraction of sp³-hybridized carbons (Fsp3) is 0.700. The average molecular weight is 372 g/mol. The average Bonchev–Trinajstić information content (AvgIpc) is 3.19. The van der Waals surface area contributed by atoms with E-state index in [9.17, 15) is 9.59 Å². The number of nitrogens with zero attached hydrogens (tertiary/aromatic N) is 4. The maximum absolute atomic E-state index is 12.7. The molecule has 1 spiro atoms. The number of carbonyl (C=O) groups is 2. The standard InChI is InChI=1S/C20H28N4O3/c1-15-21-11-16(12-22-15)19(26)23-8-6-20(7-9-23)5-4-18(25)24(14-20)13-17-3-2-10-27-17/h11-12,17H,2-10,13-14H2,1H3/t17-/m1/s1. The van der Waals surface area contributed by atoms with Gasteiger partial charge in [-0.3, -0.25) is 9.59 Å². The number of rotatable bonds is 3. The molecule has 4 heterocycles. The molecule has 2 amide bonds. The molecule has 0 saturated carbocycles. The molecule has 1 aromatic heterocycles. The van der Waals surface area contributed by atoms with Crippen LogP contribution in [0.15, 0.2) is 12.4 Å². The van der Waals surface area contributed by atoms with Gasteiger partial charge in [0.25, 0.3) is 5.91 Å². The first-order chi connectivity index (χ1) is 13.0. The van der Waals surface area contributed by atoms with Gasteiger partial charge < -0.3 is 14.5 Å². The monoisotopic (exact) mass is 372 g/mol. The zero-order chi connectivity index (χ0) is 18.9. The Morgan fingerprint density at radius 2 is 2.00 bits per heavy atom. The predicted octanol–water partition coefficient (Wildman–Crippen LogP) is 1.81. The topological polar surface area (TPSA) is 75.6 Å². The van der Waals surface area contributed by atoms with Crippen LogP contribution < -0.4 is 0 Å². The summed E-state index contributed by atoms with van der Waals surface area (Å²) >= 11 is 0. The molecule has 7 nitrogen and oxygen atoms in total. The van der Waals surface area contributed by atoms with E-state index in [2.05, 4.69) is 9.97 Å². The van der Waals surface area contributed by atoms with E-state index in [0.29, 0.717) is 17.8 Å². The largest absolute Gasteiger partial charge is 0.376 e. The quantitative estimate of drug-likeness (QED) is 0.809. The van der Waals surface area contributed by atoms with Crippen LogP contribution in [0.5, 0.6) is 0 Å². The van der Waals surface area contributed by atoms with Crippen LogP contribution in [0.1, 0.15) is 54.7 Å². The van der Waals surface area contributed by atoms with Crippen LogP contribution in [-0.2, 0) is 9.53 Å². The smallest absolute Gasteiger partial charge is 0.256 e. The molecule has 0 bridgehead atoms. The van der Waals surface area contributed by atoms with E-state index in [-0.39, 0.29) is 23.3 Å². The third kappa shape index (κ3) is 3.98. The Hall–Kier alpha value is -2.02. The van der Waals surface area contributed by atoms with Gasteiger partial charge in [0.15, 0.2) is 0 Å². The Labute approximate surface area is 160 Å². The van der Waals surface area contributed by atoms with Crippen molar-refractivity contribution in [2.24, 2.45) is 5.41 Å². The SMILES string of the molecule is Cc1ncc(C(=O)N2CCC3(CCC(=O)N(C[C@H]4CCCO4)C3)CC2)cn1. The van der Waals surface area contributed by atoms with Crippen LogP contribution in [-0.4, -0.2) is 70.5 Å². The number of hydrogen-bond donors (Lipinski definition) is 0. The van der Waals surface area contributed by atoms with E-state index in [0.717, 1.165) is 64.9 Å². The highest BCUT2D eigenvalue weighted by Crippen LogP contribution is 2.40. The number of aryl methyl sites for hydroxylation is 1. The molecular formula is C20H28N4O3. The lowest BCUT2D eigenvalue weighted by molar-refractivity contribution is -0.141. The molecule has 4 rings (SSSR count). The summed E-state index contributed by atoms with van der Waals surface area (Å²) in [4.78, 5) is 37.3. The van der Waals surface area contributed by atoms with Crippen molar-refractivity contribution in [1.29, 1.82) is 0 Å². The van der Waals surface area contributed by atoms with Gasteiger partial charge in [-0.25, -0.2) is 9.97 Å². The fourth-order valence-electron chi connectivity index (χ4n) is 4.58. The van der Waals surface area contributed by atoms with E-state index in [1.165, 1.54) is 0 Å². The summed E-state index contributed by atoms with van der Waals surface area (Å²) in [5.41, 5.74) is 0.697. The molecule has 3 aliphatic heterocycles. The minimum atomic E-state index is 0.00736. The van der Waals surface area contributed by atoms with Gasteiger partial charge in [0.05, 0.1) is 11.7 Å². The minimum Gasteiger partial charge on any atom is -0.376 e. The maximum atomic E-state index is 12.7. The van der Waals surface area contributed by atoms with E-state index < -0.39 is 0 Å². The van der Waals surface area contributed by atoms with Gasteiger partial charge in [-0.1, -0.05) is 0 Å². The number of likely N-dealkylation sites (tertiary alicyclic amines) is 2. The van der Waals surface area contributed by atoms with E-state index >= 15 is 0 Å². The first-order valence-corrected chi connectivity index (χ1v) is 10.0. The van der Waals surface area contributed by atoms with Crippen LogP contribution in [0.25, 0.3) is 0 Å².